The number of piperidine rings is 1. The van der Waals surface area contributed by atoms with Crippen LogP contribution in [0, 0.1) is 12.8 Å². The van der Waals surface area contributed by atoms with Gasteiger partial charge < -0.3 is 19.3 Å². The molecule has 3 amide bonds. The van der Waals surface area contributed by atoms with Crippen LogP contribution in [0.2, 0.25) is 0 Å². The van der Waals surface area contributed by atoms with Gasteiger partial charge in [0.2, 0.25) is 11.8 Å². The van der Waals surface area contributed by atoms with E-state index in [1.807, 2.05) is 93.2 Å². The molecule has 1 unspecified atom stereocenters. The van der Waals surface area contributed by atoms with Crippen molar-refractivity contribution in [3.63, 3.8) is 0 Å². The summed E-state index contributed by atoms with van der Waals surface area (Å²) in [7, 11) is 1.93. The summed E-state index contributed by atoms with van der Waals surface area (Å²) >= 11 is 1.45. The van der Waals surface area contributed by atoms with Gasteiger partial charge in [-0.3, -0.25) is 34.6 Å². The van der Waals surface area contributed by atoms with E-state index >= 15 is 0 Å². The average Bonchev–Trinajstić information content (AvgIpc) is 4.03. The number of nitrogens with one attached hydrogen (secondary N) is 2. The molecule has 1 saturated carbocycles. The van der Waals surface area contributed by atoms with Crippen LogP contribution in [-0.2, 0) is 34.3 Å². The Hall–Kier alpha value is -7.17. The van der Waals surface area contributed by atoms with Crippen molar-refractivity contribution in [3.8, 4) is 16.9 Å². The van der Waals surface area contributed by atoms with Crippen molar-refractivity contribution in [1.29, 1.82) is 0 Å². The van der Waals surface area contributed by atoms with Crippen LogP contribution in [0.4, 0.5) is 16.6 Å². The molecule has 0 bridgehead atoms. The Morgan fingerprint density at radius 2 is 1.62 bits per heavy atom. The standard InChI is InChI=1S/C61H69N9O6S/c1-38-35-43(75-42-19-16-39(17-20-42)11-8-9-29-68-31-33-69(34-32-68)41-18-22-47-51(36-41)67(5)66-55(47)48-25-27-54(71)64-58(48)73)21-23-44(38)45-24-26-53(63-56(45)59(74)76-61(2,3)4)70-30-28-40-12-10-13-46(49(40)37-70)57(72)65-60-62-50-14-6-7-15-52(50)77-60/h6-7,10,12-15,18,21-24,26,35-36,39,42,48H,8-9,11,16-17,19-20,25,27-34,37H2,1-5H3,(H,62,65,72)(H,64,71,73). The molecule has 1 atom stereocenters. The Morgan fingerprint density at radius 1 is 0.818 bits per heavy atom. The van der Waals surface area contributed by atoms with E-state index < -0.39 is 17.5 Å². The van der Waals surface area contributed by atoms with Crippen LogP contribution >= 0.6 is 11.3 Å². The first kappa shape index (κ1) is 51.9. The van der Waals surface area contributed by atoms with Crippen molar-refractivity contribution in [2.45, 2.75) is 116 Å². The van der Waals surface area contributed by atoms with Crippen LogP contribution in [0.5, 0.6) is 5.75 Å². The zero-order valence-electron chi connectivity index (χ0n) is 44.9. The van der Waals surface area contributed by atoms with Gasteiger partial charge >= 0.3 is 5.97 Å². The van der Waals surface area contributed by atoms with Crippen molar-refractivity contribution in [1.82, 2.24) is 30.0 Å². The number of fused-ring (bicyclic) bond motifs is 3. The first-order valence-electron chi connectivity index (χ1n) is 27.5. The second kappa shape index (κ2) is 22.1. The Bertz CT molecular complexity index is 3330. The minimum atomic E-state index is -0.721. The molecule has 0 spiro atoms. The number of anilines is 3. The fourth-order valence-electron chi connectivity index (χ4n) is 11.8. The molecule has 4 aliphatic rings. The lowest BCUT2D eigenvalue weighted by atomic mass is 9.84. The number of unbranched alkanes of at least 4 members (excludes halogenated alkanes) is 1. The summed E-state index contributed by atoms with van der Waals surface area (Å²) in [6, 6.07) is 30.2. The number of carbonyl (C=O) groups excluding carboxylic acids is 4. The highest BCUT2D eigenvalue weighted by atomic mass is 32.1. The molecule has 16 heteroatoms. The third-order valence-electron chi connectivity index (χ3n) is 15.9. The van der Waals surface area contributed by atoms with Crippen LogP contribution in [0.3, 0.4) is 0 Å². The predicted octanol–water partition coefficient (Wildman–Crippen LogP) is 10.8. The number of carbonyl (C=O) groups is 4. The van der Waals surface area contributed by atoms with E-state index in [0.717, 1.165) is 113 Å². The van der Waals surface area contributed by atoms with Gasteiger partial charge in [-0.2, -0.15) is 5.10 Å². The molecule has 2 N–H and O–H groups in total. The number of hydrogen-bond donors (Lipinski definition) is 2. The summed E-state index contributed by atoms with van der Waals surface area (Å²) in [5.74, 6) is 0.655. The predicted molar refractivity (Wildman–Crippen MR) is 303 cm³/mol. The van der Waals surface area contributed by atoms with Gasteiger partial charge in [-0.1, -0.05) is 54.5 Å². The van der Waals surface area contributed by atoms with Crippen molar-refractivity contribution in [3.05, 3.63) is 125 Å². The summed E-state index contributed by atoms with van der Waals surface area (Å²) in [6.45, 7) is 13.9. The second-order valence-electron chi connectivity index (χ2n) is 22.4. The fourth-order valence-corrected chi connectivity index (χ4v) is 12.7. The van der Waals surface area contributed by atoms with Gasteiger partial charge in [0.1, 0.15) is 17.2 Å². The van der Waals surface area contributed by atoms with Crippen LogP contribution in [0.25, 0.3) is 32.2 Å². The molecule has 0 radical (unpaired) electrons. The normalized spacial score (nSPS) is 19.3. The number of rotatable bonds is 14. The number of para-hydroxylation sites is 1. The minimum Gasteiger partial charge on any atom is -0.490 e. The number of esters is 1. The zero-order chi connectivity index (χ0) is 53.4. The number of hydrogen-bond acceptors (Lipinski definition) is 13. The van der Waals surface area contributed by atoms with E-state index in [1.54, 1.807) is 0 Å². The van der Waals surface area contributed by atoms with Crippen LogP contribution in [0.15, 0.2) is 91.0 Å². The van der Waals surface area contributed by atoms with Gasteiger partial charge in [0.15, 0.2) is 10.8 Å². The number of imide groups is 1. The Morgan fingerprint density at radius 3 is 2.40 bits per heavy atom. The largest absolute Gasteiger partial charge is 0.490 e. The topological polar surface area (TPSA) is 164 Å². The molecule has 4 aromatic carbocycles. The number of piperazine rings is 1. The molecule has 2 saturated heterocycles. The van der Waals surface area contributed by atoms with Crippen molar-refractivity contribution < 1.29 is 28.7 Å². The molecule has 3 fully saturated rings. The molecule has 7 aromatic rings. The smallest absolute Gasteiger partial charge is 0.358 e. The zero-order valence-corrected chi connectivity index (χ0v) is 45.7. The molecule has 15 nitrogen and oxygen atoms in total. The molecule has 400 valence electrons. The molecule has 3 aliphatic heterocycles. The molecule has 1 aliphatic carbocycles. The summed E-state index contributed by atoms with van der Waals surface area (Å²) in [4.78, 5) is 69.0. The van der Waals surface area contributed by atoms with E-state index in [0.29, 0.717) is 48.0 Å². The summed E-state index contributed by atoms with van der Waals surface area (Å²) in [5, 5.41) is 11.8. The molecular weight excluding hydrogens is 987 g/mol. The molecular formula is C61H69N9O6S. The summed E-state index contributed by atoms with van der Waals surface area (Å²) in [6.07, 6.45) is 9.87. The number of benzene rings is 4. The van der Waals surface area contributed by atoms with Crippen molar-refractivity contribution in [2.75, 3.05) is 54.4 Å². The SMILES string of the molecule is Cc1cc(OC2CCC(CCCCN3CCN(c4ccc5c(C6CCC(=O)NC6=O)nn(C)c5c4)CC3)CC2)ccc1-c1ccc(N2CCc3cccc(C(=O)Nc4nc5ccccc5s4)c3C2)nc1C(=O)OC(C)(C)C. The number of pyridine rings is 1. The van der Waals surface area contributed by atoms with Crippen molar-refractivity contribution in [2.24, 2.45) is 13.0 Å². The Labute approximate surface area is 454 Å². The fraction of sp³-hybridized carbons (Fsp3) is 0.426. The summed E-state index contributed by atoms with van der Waals surface area (Å²) in [5.41, 5.74) is 8.55. The third-order valence-corrected chi connectivity index (χ3v) is 16.9. The van der Waals surface area contributed by atoms with E-state index in [4.69, 9.17) is 19.6 Å². The monoisotopic (exact) mass is 1060 g/mol. The number of amides is 3. The maximum atomic E-state index is 14.0. The number of nitrogens with zero attached hydrogens (tertiary/aromatic N) is 7. The Kier molecular flexibility index (Phi) is 14.9. The number of ether oxygens (including phenoxy) is 2. The number of aromatic nitrogens is 4. The number of thiazole rings is 1. The van der Waals surface area contributed by atoms with E-state index in [-0.39, 0.29) is 29.5 Å². The molecule has 11 rings (SSSR count). The van der Waals surface area contributed by atoms with E-state index in [2.05, 4.69) is 67.6 Å². The van der Waals surface area contributed by atoms with E-state index in [1.165, 1.54) is 49.1 Å². The van der Waals surface area contributed by atoms with Gasteiger partial charge in [-0.05, 0) is 168 Å². The Balaban J connectivity index is 0.661. The summed E-state index contributed by atoms with van der Waals surface area (Å²) < 4.78 is 15.5. The average molecular weight is 1060 g/mol. The van der Waals surface area contributed by atoms with Gasteiger partial charge in [-0.25, -0.2) is 14.8 Å². The van der Waals surface area contributed by atoms with Gasteiger partial charge in [0.05, 0.1) is 33.4 Å². The lowest BCUT2D eigenvalue weighted by Gasteiger charge is -2.36. The van der Waals surface area contributed by atoms with Crippen LogP contribution < -0.4 is 25.2 Å². The maximum absolute atomic E-state index is 14.0. The van der Waals surface area contributed by atoms with Crippen LogP contribution in [-0.4, -0.2) is 99.3 Å². The quantitative estimate of drug-likeness (QED) is 0.0603. The molecule has 6 heterocycles. The lowest BCUT2D eigenvalue weighted by molar-refractivity contribution is -0.134. The van der Waals surface area contributed by atoms with Crippen LogP contribution in [0.1, 0.15) is 128 Å². The minimum absolute atomic E-state index is 0.172. The maximum Gasteiger partial charge on any atom is 0.358 e. The lowest BCUT2D eigenvalue weighted by Crippen LogP contribution is -2.46. The third kappa shape index (κ3) is 11.6. The van der Waals surface area contributed by atoms with Gasteiger partial charge in [0, 0.05) is 74.9 Å². The van der Waals surface area contributed by atoms with Gasteiger partial charge in [-0.15, -0.1) is 0 Å². The first-order valence-corrected chi connectivity index (χ1v) is 28.3. The van der Waals surface area contributed by atoms with Crippen molar-refractivity contribution >= 4 is 72.8 Å². The van der Waals surface area contributed by atoms with E-state index in [9.17, 15) is 19.2 Å². The van der Waals surface area contributed by atoms with Gasteiger partial charge in [0.25, 0.3) is 5.91 Å². The highest BCUT2D eigenvalue weighted by Gasteiger charge is 2.33. The highest BCUT2D eigenvalue weighted by molar-refractivity contribution is 7.22. The highest BCUT2D eigenvalue weighted by Crippen LogP contribution is 2.37. The molecule has 77 heavy (non-hydrogen) atoms. The number of aryl methyl sites for hydroxylation is 2. The molecule has 3 aromatic heterocycles. The first-order chi connectivity index (χ1) is 37.2. The second-order valence-corrected chi connectivity index (χ2v) is 23.4.